The zero-order chi connectivity index (χ0) is 6.08. The number of hydrogen-bond acceptors (Lipinski definition) is 1. The van der Waals surface area contributed by atoms with Crippen LogP contribution in [0.3, 0.4) is 0 Å². The molecule has 0 bridgehead atoms. The van der Waals surface area contributed by atoms with Crippen molar-refractivity contribution in [3.63, 3.8) is 0 Å². The summed E-state index contributed by atoms with van der Waals surface area (Å²) in [5, 5.41) is 0. The van der Waals surface area contributed by atoms with Gasteiger partial charge in [0.15, 0.2) is 0 Å². The molecule has 0 saturated heterocycles. The molecule has 0 aromatic rings. The summed E-state index contributed by atoms with van der Waals surface area (Å²) in [5.41, 5.74) is 6.46. The molecule has 0 aromatic heterocycles. The van der Waals surface area contributed by atoms with Crippen molar-refractivity contribution in [2.24, 2.45) is 0 Å². The quantitative estimate of drug-likeness (QED) is 0.342. The molecule has 42 valence electrons. The number of amides is 1. The van der Waals surface area contributed by atoms with Gasteiger partial charge in [0.1, 0.15) is 0 Å². The van der Waals surface area contributed by atoms with Crippen LogP contribution in [0.2, 0.25) is 0 Å². The molecule has 2 nitrogen and oxygen atoms in total. The molecule has 8 heavy (non-hydrogen) atoms. The second-order valence-electron chi connectivity index (χ2n) is 1.80. The van der Waals surface area contributed by atoms with Crippen LogP contribution in [0.25, 0.3) is 5.73 Å². The van der Waals surface area contributed by atoms with E-state index in [1.165, 1.54) is 13.8 Å². The average Bonchev–Trinajstić information content (AvgIpc) is 1.31. The fraction of sp³-hybridized carbons (Fsp3) is 0.750. The topological polar surface area (TPSA) is 40.9 Å². The van der Waals surface area contributed by atoms with E-state index in [9.17, 15) is 4.79 Å². The number of nitrogens with one attached hydrogen (secondary N) is 1. The van der Waals surface area contributed by atoms with Crippen LogP contribution in [0, 0.1) is 0 Å². The fourth-order valence-corrected chi connectivity index (χ4v) is 0. The summed E-state index contributed by atoms with van der Waals surface area (Å²) >= 11 is 5.33. The summed E-state index contributed by atoms with van der Waals surface area (Å²) in [7, 11) is 0. The first kappa shape index (κ1) is 12.1. The van der Waals surface area contributed by atoms with E-state index in [2.05, 4.69) is 0 Å². The van der Waals surface area contributed by atoms with Gasteiger partial charge in [-0.15, -0.1) is 11.6 Å². The van der Waals surface area contributed by atoms with Crippen LogP contribution in [0.5, 0.6) is 0 Å². The van der Waals surface area contributed by atoms with Crippen molar-refractivity contribution in [1.29, 1.82) is 0 Å². The Bertz CT molecular complexity index is 88.5. The van der Waals surface area contributed by atoms with Gasteiger partial charge in [-0.2, -0.15) is 0 Å². The molecule has 0 aliphatic heterocycles. The van der Waals surface area contributed by atoms with Crippen LogP contribution in [0.4, 0.5) is 0 Å². The van der Waals surface area contributed by atoms with Crippen molar-refractivity contribution >= 4 is 17.5 Å². The van der Waals surface area contributed by atoms with Crippen molar-refractivity contribution in [1.82, 2.24) is 0 Å². The molecule has 0 unspecified atom stereocenters. The third kappa shape index (κ3) is 5.53. The molecule has 1 amide bonds. The summed E-state index contributed by atoms with van der Waals surface area (Å²) in [6.45, 7) is 2.98. The number of carbonyl (C=O) groups excluding carboxylic acids is 1. The smallest absolute Gasteiger partial charge is 0.666 e. The van der Waals surface area contributed by atoms with Crippen molar-refractivity contribution in [2.45, 2.75) is 18.7 Å². The Morgan fingerprint density at radius 2 is 1.75 bits per heavy atom. The molecule has 0 aromatic carbocycles. The maximum atomic E-state index is 10.0. The predicted octanol–water partition coefficient (Wildman–Crippen LogP) is -1.41. The third-order valence-electron chi connectivity index (χ3n) is 0.540. The van der Waals surface area contributed by atoms with Crippen LogP contribution >= 0.6 is 11.6 Å². The number of hydrogen-bond donors (Lipinski definition) is 0. The van der Waals surface area contributed by atoms with Gasteiger partial charge >= 0.3 is 51.4 Å². The summed E-state index contributed by atoms with van der Waals surface area (Å²) in [4.78, 5) is 9.00. The first-order valence-electron chi connectivity index (χ1n) is 1.89. The molecule has 0 fully saturated rings. The summed E-state index contributed by atoms with van der Waals surface area (Å²) in [6, 6.07) is 0. The molecule has 0 aliphatic rings. The second-order valence-corrected chi connectivity index (χ2v) is 2.75. The molecule has 0 saturated carbocycles. The van der Waals surface area contributed by atoms with Crippen LogP contribution in [-0.2, 0) is 4.79 Å². The summed E-state index contributed by atoms with van der Waals surface area (Å²) < 4.78 is 0. The van der Waals surface area contributed by atoms with Crippen molar-refractivity contribution in [2.75, 3.05) is 0 Å². The minimum atomic E-state index is -1.00. The maximum Gasteiger partial charge on any atom is 1.00 e. The summed E-state index contributed by atoms with van der Waals surface area (Å²) in [5.74, 6) is -0.742. The minimum Gasteiger partial charge on any atom is -0.666 e. The molecule has 0 atom stereocenters. The Morgan fingerprint density at radius 1 is 1.62 bits per heavy atom. The van der Waals surface area contributed by atoms with E-state index in [1.807, 2.05) is 0 Å². The van der Waals surface area contributed by atoms with Crippen LogP contribution in [0.1, 0.15) is 13.8 Å². The molecule has 0 heterocycles. The molecule has 1 N–H and O–H groups in total. The number of rotatable bonds is 1. The van der Waals surface area contributed by atoms with Crippen molar-refractivity contribution < 1.29 is 56.2 Å². The van der Waals surface area contributed by atoms with Gasteiger partial charge < -0.3 is 10.5 Å². The molecule has 0 aliphatic carbocycles. The second kappa shape index (κ2) is 4.25. The molecule has 0 radical (unpaired) electrons. The van der Waals surface area contributed by atoms with Gasteiger partial charge in [0.25, 0.3) is 0 Å². The predicted molar refractivity (Wildman–Crippen MR) is 29.3 cm³/mol. The SMILES string of the molecule is CC(C)(Cl)C([NH-])=O.[K+]. The zero-order valence-electron chi connectivity index (χ0n) is 5.29. The Kier molecular flexibility index (Phi) is 6.43. The van der Waals surface area contributed by atoms with Gasteiger partial charge in [0, 0.05) is 0 Å². The van der Waals surface area contributed by atoms with E-state index in [1.54, 1.807) is 0 Å². The van der Waals surface area contributed by atoms with Gasteiger partial charge in [0.05, 0.1) is 10.8 Å². The number of halogens is 1. The Labute approximate surface area is 96.6 Å². The fourth-order valence-electron chi connectivity index (χ4n) is 0. The Morgan fingerprint density at radius 3 is 1.75 bits per heavy atom. The largest absolute Gasteiger partial charge is 1.00 e. The van der Waals surface area contributed by atoms with Gasteiger partial charge in [-0.3, -0.25) is 0 Å². The molecule has 0 rings (SSSR count). The number of carbonyl (C=O) groups is 1. The molecular formula is C4H7ClKNO. The molecule has 0 spiro atoms. The van der Waals surface area contributed by atoms with Gasteiger partial charge in [0.2, 0.25) is 0 Å². The zero-order valence-corrected chi connectivity index (χ0v) is 9.17. The third-order valence-corrected chi connectivity index (χ3v) is 0.712. The van der Waals surface area contributed by atoms with Crippen molar-refractivity contribution in [3.8, 4) is 0 Å². The first-order chi connectivity index (χ1) is 2.94. The monoisotopic (exact) mass is 159 g/mol. The molecular weight excluding hydrogens is 153 g/mol. The van der Waals surface area contributed by atoms with E-state index >= 15 is 0 Å². The van der Waals surface area contributed by atoms with E-state index < -0.39 is 10.8 Å². The maximum absolute atomic E-state index is 10.0. The van der Waals surface area contributed by atoms with Crippen molar-refractivity contribution in [3.05, 3.63) is 5.73 Å². The minimum absolute atomic E-state index is 0. The van der Waals surface area contributed by atoms with E-state index in [0.717, 1.165) is 0 Å². The van der Waals surface area contributed by atoms with E-state index in [4.69, 9.17) is 17.3 Å². The standard InChI is InChI=1S/C4H8ClNO.K/c1-4(2,5)3(6)7;/h1-2H3,(H2,6,7);/q;+1/p-1. The van der Waals surface area contributed by atoms with Crippen LogP contribution < -0.4 is 51.4 Å². The first-order valence-corrected chi connectivity index (χ1v) is 2.27. The summed E-state index contributed by atoms with van der Waals surface area (Å²) in [6.07, 6.45) is 0. The number of alkyl halides is 1. The van der Waals surface area contributed by atoms with Gasteiger partial charge in [-0.25, -0.2) is 0 Å². The Hall–Kier alpha value is 1.40. The van der Waals surface area contributed by atoms with Gasteiger partial charge in [-0.05, 0) is 13.8 Å². The molecule has 4 heteroatoms. The normalized spacial score (nSPS) is 9.88. The average molecular weight is 160 g/mol. The van der Waals surface area contributed by atoms with E-state index in [-0.39, 0.29) is 51.4 Å². The van der Waals surface area contributed by atoms with E-state index in [0.29, 0.717) is 0 Å². The van der Waals surface area contributed by atoms with Crippen LogP contribution in [-0.4, -0.2) is 10.8 Å². The van der Waals surface area contributed by atoms with Crippen LogP contribution in [0.15, 0.2) is 0 Å². The Balaban J connectivity index is 0. The van der Waals surface area contributed by atoms with Gasteiger partial charge in [-0.1, -0.05) is 0 Å².